The van der Waals surface area contributed by atoms with Gasteiger partial charge in [0.05, 0.1) is 5.92 Å². The Hall–Kier alpha value is -1.12. The van der Waals surface area contributed by atoms with E-state index in [0.29, 0.717) is 12.8 Å². The fourth-order valence-electron chi connectivity index (χ4n) is 1.53. The van der Waals surface area contributed by atoms with E-state index >= 15 is 0 Å². The van der Waals surface area contributed by atoms with Crippen LogP contribution >= 0.6 is 0 Å². The smallest absolute Gasteiger partial charge is 0.307 e. The van der Waals surface area contributed by atoms with Gasteiger partial charge in [0, 0.05) is 5.92 Å². The Kier molecular flexibility index (Phi) is 2.63. The van der Waals surface area contributed by atoms with Crippen molar-refractivity contribution in [2.24, 2.45) is 11.8 Å². The van der Waals surface area contributed by atoms with Gasteiger partial charge in [0.1, 0.15) is 6.29 Å². The summed E-state index contributed by atoms with van der Waals surface area (Å²) in [6.45, 7) is 1.93. The quantitative estimate of drug-likeness (QED) is 0.498. The number of aldehydes is 1. The zero-order valence-corrected chi connectivity index (χ0v) is 6.99. The standard InChI is InChI=1S/C9H12O3/c1-6-2-3-8(9(11)12)7(4-6)5-10/h2,5,7-8H,3-4H2,1H3,(H,11,12). The van der Waals surface area contributed by atoms with Crippen molar-refractivity contribution < 1.29 is 14.7 Å². The molecule has 0 saturated heterocycles. The number of carboxylic acid groups (broad SMARTS) is 1. The number of hydrogen-bond acceptors (Lipinski definition) is 2. The molecule has 3 nitrogen and oxygen atoms in total. The predicted molar refractivity (Wildman–Crippen MR) is 43.7 cm³/mol. The average molecular weight is 168 g/mol. The summed E-state index contributed by atoms with van der Waals surface area (Å²) < 4.78 is 0. The molecule has 3 heteroatoms. The molecule has 1 aliphatic rings. The Labute approximate surface area is 71.1 Å². The average Bonchev–Trinajstić information content (AvgIpc) is 2.03. The van der Waals surface area contributed by atoms with E-state index in [4.69, 9.17) is 5.11 Å². The van der Waals surface area contributed by atoms with E-state index in [2.05, 4.69) is 0 Å². The lowest BCUT2D eigenvalue weighted by molar-refractivity contribution is -0.145. The van der Waals surface area contributed by atoms with Crippen molar-refractivity contribution in [3.63, 3.8) is 0 Å². The van der Waals surface area contributed by atoms with Crippen molar-refractivity contribution in [1.82, 2.24) is 0 Å². The number of carbonyl (C=O) groups is 2. The molecule has 0 aromatic heterocycles. The van der Waals surface area contributed by atoms with E-state index < -0.39 is 11.9 Å². The van der Waals surface area contributed by atoms with Gasteiger partial charge in [-0.05, 0) is 19.8 Å². The summed E-state index contributed by atoms with van der Waals surface area (Å²) in [7, 11) is 0. The van der Waals surface area contributed by atoms with Gasteiger partial charge in [0.2, 0.25) is 0 Å². The van der Waals surface area contributed by atoms with Crippen LogP contribution in [-0.2, 0) is 9.59 Å². The summed E-state index contributed by atoms with van der Waals surface area (Å²) in [6.07, 6.45) is 3.75. The number of carboxylic acids is 1. The first kappa shape index (κ1) is 8.97. The summed E-state index contributed by atoms with van der Waals surface area (Å²) in [5.41, 5.74) is 1.12. The minimum atomic E-state index is -0.865. The first-order chi connectivity index (χ1) is 5.65. The van der Waals surface area contributed by atoms with Gasteiger partial charge in [0.15, 0.2) is 0 Å². The van der Waals surface area contributed by atoms with E-state index in [1.807, 2.05) is 13.0 Å². The Morgan fingerprint density at radius 1 is 1.75 bits per heavy atom. The molecule has 0 amide bonds. The van der Waals surface area contributed by atoms with Crippen LogP contribution in [0, 0.1) is 11.8 Å². The lowest BCUT2D eigenvalue weighted by Gasteiger charge is -2.22. The normalized spacial score (nSPS) is 29.2. The molecule has 1 N–H and O–H groups in total. The minimum absolute atomic E-state index is 0.326. The lowest BCUT2D eigenvalue weighted by Crippen LogP contribution is -2.27. The lowest BCUT2D eigenvalue weighted by atomic mass is 9.81. The van der Waals surface area contributed by atoms with Gasteiger partial charge in [-0.25, -0.2) is 0 Å². The van der Waals surface area contributed by atoms with Crippen molar-refractivity contribution in [1.29, 1.82) is 0 Å². The first-order valence-electron chi connectivity index (χ1n) is 3.99. The van der Waals surface area contributed by atoms with E-state index in [1.165, 1.54) is 0 Å². The van der Waals surface area contributed by atoms with Crippen LogP contribution in [0.25, 0.3) is 0 Å². The molecule has 2 atom stereocenters. The molecule has 0 spiro atoms. The van der Waals surface area contributed by atoms with E-state index in [9.17, 15) is 9.59 Å². The van der Waals surface area contributed by atoms with Crippen LogP contribution in [0.2, 0.25) is 0 Å². The van der Waals surface area contributed by atoms with Crippen molar-refractivity contribution in [2.75, 3.05) is 0 Å². The highest BCUT2D eigenvalue weighted by Crippen LogP contribution is 2.27. The Bertz CT molecular complexity index is 230. The highest BCUT2D eigenvalue weighted by molar-refractivity contribution is 5.75. The second-order valence-corrected chi connectivity index (χ2v) is 3.23. The molecule has 0 heterocycles. The maximum absolute atomic E-state index is 10.6. The summed E-state index contributed by atoms with van der Waals surface area (Å²) >= 11 is 0. The molecule has 0 aromatic carbocycles. The number of allylic oxidation sites excluding steroid dienone is 2. The zero-order chi connectivity index (χ0) is 9.14. The molecule has 0 aromatic rings. The van der Waals surface area contributed by atoms with Crippen molar-refractivity contribution in [3.05, 3.63) is 11.6 Å². The highest BCUT2D eigenvalue weighted by Gasteiger charge is 2.29. The van der Waals surface area contributed by atoms with Crippen LogP contribution in [0.5, 0.6) is 0 Å². The second kappa shape index (κ2) is 3.52. The van der Waals surface area contributed by atoms with Gasteiger partial charge in [0.25, 0.3) is 0 Å². The summed E-state index contributed by atoms with van der Waals surface area (Å²) in [6, 6.07) is 0. The maximum Gasteiger partial charge on any atom is 0.307 e. The predicted octanol–water partition coefficient (Wildman–Crippen LogP) is 1.24. The molecule has 0 radical (unpaired) electrons. The Morgan fingerprint density at radius 3 is 2.92 bits per heavy atom. The third kappa shape index (κ3) is 1.72. The molecular formula is C9H12O3. The first-order valence-corrected chi connectivity index (χ1v) is 3.99. The fourth-order valence-corrected chi connectivity index (χ4v) is 1.53. The molecule has 1 rings (SSSR count). The summed E-state index contributed by atoms with van der Waals surface area (Å²) in [4.78, 5) is 21.2. The summed E-state index contributed by atoms with van der Waals surface area (Å²) in [5.74, 6) is -1.70. The van der Waals surface area contributed by atoms with Crippen molar-refractivity contribution in [3.8, 4) is 0 Å². The van der Waals surface area contributed by atoms with Crippen molar-refractivity contribution >= 4 is 12.3 Å². The number of carbonyl (C=O) groups excluding carboxylic acids is 1. The molecule has 0 bridgehead atoms. The van der Waals surface area contributed by atoms with Gasteiger partial charge < -0.3 is 9.90 Å². The van der Waals surface area contributed by atoms with Gasteiger partial charge in [-0.3, -0.25) is 4.79 Å². The molecule has 12 heavy (non-hydrogen) atoms. The Balaban J connectivity index is 2.75. The minimum Gasteiger partial charge on any atom is -0.481 e. The molecular weight excluding hydrogens is 156 g/mol. The van der Waals surface area contributed by atoms with Crippen LogP contribution in [0.15, 0.2) is 11.6 Å². The maximum atomic E-state index is 10.6. The molecule has 1 aliphatic carbocycles. The molecule has 0 fully saturated rings. The Morgan fingerprint density at radius 2 is 2.42 bits per heavy atom. The van der Waals surface area contributed by atoms with Gasteiger partial charge in [-0.1, -0.05) is 11.6 Å². The molecule has 0 aliphatic heterocycles. The monoisotopic (exact) mass is 168 g/mol. The van der Waals surface area contributed by atoms with Crippen LogP contribution in [0.3, 0.4) is 0 Å². The van der Waals surface area contributed by atoms with E-state index in [1.54, 1.807) is 0 Å². The zero-order valence-electron chi connectivity index (χ0n) is 6.99. The van der Waals surface area contributed by atoms with Gasteiger partial charge in [-0.2, -0.15) is 0 Å². The fraction of sp³-hybridized carbons (Fsp3) is 0.556. The second-order valence-electron chi connectivity index (χ2n) is 3.23. The van der Waals surface area contributed by atoms with Crippen LogP contribution in [0.1, 0.15) is 19.8 Å². The number of aliphatic carboxylic acids is 1. The van der Waals surface area contributed by atoms with Gasteiger partial charge >= 0.3 is 5.97 Å². The van der Waals surface area contributed by atoms with Crippen LogP contribution < -0.4 is 0 Å². The molecule has 66 valence electrons. The number of rotatable bonds is 2. The third-order valence-electron chi connectivity index (χ3n) is 2.29. The highest BCUT2D eigenvalue weighted by atomic mass is 16.4. The largest absolute Gasteiger partial charge is 0.481 e. The van der Waals surface area contributed by atoms with E-state index in [-0.39, 0.29) is 5.92 Å². The molecule has 0 saturated carbocycles. The van der Waals surface area contributed by atoms with Gasteiger partial charge in [-0.15, -0.1) is 0 Å². The molecule has 2 unspecified atom stereocenters. The van der Waals surface area contributed by atoms with E-state index in [0.717, 1.165) is 11.9 Å². The van der Waals surface area contributed by atoms with Crippen molar-refractivity contribution in [2.45, 2.75) is 19.8 Å². The SMILES string of the molecule is CC1=CCC(C(=O)O)C(C=O)C1. The summed E-state index contributed by atoms with van der Waals surface area (Å²) in [5, 5.41) is 8.74. The van der Waals surface area contributed by atoms with Crippen LogP contribution in [-0.4, -0.2) is 17.4 Å². The number of hydrogen-bond donors (Lipinski definition) is 1. The topological polar surface area (TPSA) is 54.4 Å². The van der Waals surface area contributed by atoms with Crippen LogP contribution in [0.4, 0.5) is 0 Å². The third-order valence-corrected chi connectivity index (χ3v) is 2.29.